The summed E-state index contributed by atoms with van der Waals surface area (Å²) in [5.41, 5.74) is 0. The van der Waals surface area contributed by atoms with Crippen molar-refractivity contribution >= 4 is 8.25 Å². The zero-order valence-corrected chi connectivity index (χ0v) is 8.17. The van der Waals surface area contributed by atoms with Gasteiger partial charge in [0.2, 0.25) is 0 Å². The van der Waals surface area contributed by atoms with Crippen LogP contribution in [0.3, 0.4) is 0 Å². The minimum atomic E-state index is -2.72. The van der Waals surface area contributed by atoms with Gasteiger partial charge in [-0.2, -0.15) is 0 Å². The van der Waals surface area contributed by atoms with E-state index in [4.69, 9.17) is 4.89 Å². The highest BCUT2D eigenvalue weighted by Gasteiger charge is 1.83. The lowest BCUT2D eigenvalue weighted by Gasteiger charge is -1.88. The van der Waals surface area contributed by atoms with Crippen LogP contribution in [0.15, 0.2) is 12.7 Å². The summed E-state index contributed by atoms with van der Waals surface area (Å²) in [6.07, 6.45) is 4.05. The van der Waals surface area contributed by atoms with Crippen LogP contribution in [0.4, 0.5) is 0 Å². The average Bonchev–Trinajstić information content (AvgIpc) is 2.01. The molecule has 68 valence electrons. The molecule has 0 rings (SSSR count). The van der Waals surface area contributed by atoms with E-state index in [-0.39, 0.29) is 6.61 Å². The van der Waals surface area contributed by atoms with E-state index in [1.54, 1.807) is 0 Å². The second-order valence-corrected chi connectivity index (χ2v) is 2.69. The van der Waals surface area contributed by atoms with E-state index >= 15 is 0 Å². The first-order chi connectivity index (χ1) is 5.18. The summed E-state index contributed by atoms with van der Waals surface area (Å²) in [5, 5.41) is 0. The molecular formula is C7H17O3P. The molecule has 0 aliphatic carbocycles. The van der Waals surface area contributed by atoms with Crippen molar-refractivity contribution in [3.63, 3.8) is 0 Å². The van der Waals surface area contributed by atoms with Crippen molar-refractivity contribution in [2.45, 2.75) is 26.7 Å². The van der Waals surface area contributed by atoms with Crippen LogP contribution in [0, 0.1) is 0 Å². The van der Waals surface area contributed by atoms with Crippen molar-refractivity contribution in [1.82, 2.24) is 0 Å². The molecule has 0 aliphatic rings. The molecule has 1 atom stereocenters. The molecule has 0 radical (unpaired) electrons. The van der Waals surface area contributed by atoms with Gasteiger partial charge in [-0.05, 0) is 0 Å². The fourth-order valence-electron chi connectivity index (χ4n) is 0.130. The Kier molecular flexibility index (Phi) is 15.4. The van der Waals surface area contributed by atoms with E-state index in [9.17, 15) is 4.57 Å². The van der Waals surface area contributed by atoms with Crippen molar-refractivity contribution in [1.29, 1.82) is 0 Å². The van der Waals surface area contributed by atoms with Crippen molar-refractivity contribution in [3.8, 4) is 0 Å². The predicted molar refractivity (Wildman–Crippen MR) is 48.0 cm³/mol. The lowest BCUT2D eigenvalue weighted by Crippen LogP contribution is -1.75. The van der Waals surface area contributed by atoms with Gasteiger partial charge >= 0.3 is 8.25 Å². The minimum absolute atomic E-state index is 0.147. The standard InChI is InChI=1S/C4H10.C3H7O3P/c1-3-4-2;1-2-3-6-7(4)5/h3-4H2,1-2H3;2,7H,1,3H2,(H,4,5). The van der Waals surface area contributed by atoms with E-state index in [1.807, 2.05) is 0 Å². The molecule has 0 saturated heterocycles. The van der Waals surface area contributed by atoms with Crippen LogP contribution in [0.2, 0.25) is 0 Å². The van der Waals surface area contributed by atoms with Gasteiger partial charge < -0.3 is 9.42 Å². The summed E-state index contributed by atoms with van der Waals surface area (Å²) in [6.45, 7) is 7.78. The Morgan fingerprint density at radius 3 is 2.09 bits per heavy atom. The first-order valence-corrected chi connectivity index (χ1v) is 4.91. The van der Waals surface area contributed by atoms with Crippen LogP contribution in [-0.2, 0) is 9.09 Å². The maximum Gasteiger partial charge on any atom is 0.316 e. The Morgan fingerprint density at radius 1 is 1.55 bits per heavy atom. The highest BCUT2D eigenvalue weighted by molar-refractivity contribution is 7.32. The smallest absolute Gasteiger partial charge is 0.316 e. The highest BCUT2D eigenvalue weighted by Crippen LogP contribution is 2.12. The van der Waals surface area contributed by atoms with E-state index in [1.165, 1.54) is 18.9 Å². The monoisotopic (exact) mass is 180 g/mol. The molecule has 1 N–H and O–H groups in total. The number of rotatable bonds is 4. The normalized spacial score (nSPS) is 11.2. The molecule has 4 heteroatoms. The number of unbranched alkanes of at least 4 members (excludes halogenated alkanes) is 1. The Morgan fingerprint density at radius 2 is 2.00 bits per heavy atom. The zero-order valence-electron chi connectivity index (χ0n) is 7.17. The number of hydrogen-bond donors (Lipinski definition) is 1. The maximum absolute atomic E-state index is 9.67. The molecule has 3 nitrogen and oxygen atoms in total. The Balaban J connectivity index is 0. The van der Waals surface area contributed by atoms with E-state index in [0.29, 0.717) is 0 Å². The summed E-state index contributed by atoms with van der Waals surface area (Å²) < 4.78 is 13.8. The fraction of sp³-hybridized carbons (Fsp3) is 0.714. The summed E-state index contributed by atoms with van der Waals surface area (Å²) in [4.78, 5) is 7.96. The van der Waals surface area contributed by atoms with Gasteiger partial charge in [-0.25, -0.2) is 0 Å². The fourth-order valence-corrected chi connectivity index (χ4v) is 0.391. The molecule has 0 heterocycles. The first kappa shape index (κ1) is 13.5. The second-order valence-electron chi connectivity index (χ2n) is 1.87. The Hall–Kier alpha value is -0.110. The average molecular weight is 180 g/mol. The van der Waals surface area contributed by atoms with Crippen molar-refractivity contribution in [3.05, 3.63) is 12.7 Å². The van der Waals surface area contributed by atoms with Crippen LogP contribution in [0.25, 0.3) is 0 Å². The molecule has 0 aromatic heterocycles. The Bertz CT molecular complexity index is 102. The van der Waals surface area contributed by atoms with Crippen molar-refractivity contribution < 1.29 is 14.0 Å². The molecule has 0 aliphatic heterocycles. The molecule has 0 bridgehead atoms. The summed E-state index contributed by atoms with van der Waals surface area (Å²) in [5.74, 6) is 0. The Labute approximate surface area is 69.0 Å². The third kappa shape index (κ3) is 25.7. The van der Waals surface area contributed by atoms with Gasteiger partial charge in [0.1, 0.15) is 0 Å². The number of hydrogen-bond acceptors (Lipinski definition) is 2. The van der Waals surface area contributed by atoms with Gasteiger partial charge in [0.15, 0.2) is 0 Å². The van der Waals surface area contributed by atoms with E-state index in [0.717, 1.165) is 0 Å². The summed E-state index contributed by atoms with van der Waals surface area (Å²) in [7, 11) is -2.72. The molecule has 0 fully saturated rings. The molecular weight excluding hydrogens is 163 g/mol. The SMILES string of the molecule is C=CCO[PH](=O)O.CCCC. The highest BCUT2D eigenvalue weighted by atomic mass is 31.1. The molecule has 0 amide bonds. The minimum Gasteiger partial charge on any atom is -0.326 e. The van der Waals surface area contributed by atoms with Gasteiger partial charge in [0.25, 0.3) is 0 Å². The lowest BCUT2D eigenvalue weighted by molar-refractivity contribution is 0.312. The third-order valence-corrected chi connectivity index (χ3v) is 1.24. The van der Waals surface area contributed by atoms with Crippen molar-refractivity contribution in [2.24, 2.45) is 0 Å². The van der Waals surface area contributed by atoms with Crippen molar-refractivity contribution in [2.75, 3.05) is 6.61 Å². The van der Waals surface area contributed by atoms with E-state index < -0.39 is 8.25 Å². The third-order valence-electron chi connectivity index (χ3n) is 0.825. The topological polar surface area (TPSA) is 46.5 Å². The van der Waals surface area contributed by atoms with Crippen LogP contribution < -0.4 is 0 Å². The van der Waals surface area contributed by atoms with Crippen LogP contribution >= 0.6 is 8.25 Å². The van der Waals surface area contributed by atoms with Crippen LogP contribution in [-0.4, -0.2) is 11.5 Å². The molecule has 0 aromatic carbocycles. The van der Waals surface area contributed by atoms with Gasteiger partial charge in [0.05, 0.1) is 6.61 Å². The summed E-state index contributed by atoms with van der Waals surface area (Å²) >= 11 is 0. The van der Waals surface area contributed by atoms with E-state index in [2.05, 4.69) is 25.0 Å². The molecule has 1 unspecified atom stereocenters. The molecule has 0 spiro atoms. The largest absolute Gasteiger partial charge is 0.326 e. The predicted octanol–water partition coefficient (Wildman–Crippen LogP) is 2.38. The lowest BCUT2D eigenvalue weighted by atomic mass is 10.4. The molecule has 11 heavy (non-hydrogen) atoms. The van der Waals surface area contributed by atoms with Gasteiger partial charge in [-0.3, -0.25) is 4.57 Å². The first-order valence-electron chi connectivity index (χ1n) is 3.65. The second kappa shape index (κ2) is 12.6. The van der Waals surface area contributed by atoms with Gasteiger partial charge in [0, 0.05) is 0 Å². The molecule has 0 saturated carbocycles. The van der Waals surface area contributed by atoms with Crippen LogP contribution in [0.1, 0.15) is 26.7 Å². The van der Waals surface area contributed by atoms with Gasteiger partial charge in [-0.1, -0.05) is 32.8 Å². The quantitative estimate of drug-likeness (QED) is 0.533. The molecule has 0 aromatic rings. The van der Waals surface area contributed by atoms with Crippen LogP contribution in [0.5, 0.6) is 0 Å². The summed E-state index contributed by atoms with van der Waals surface area (Å²) in [6, 6.07) is 0. The maximum atomic E-state index is 9.67. The van der Waals surface area contributed by atoms with Gasteiger partial charge in [-0.15, -0.1) is 6.58 Å². The zero-order chi connectivity index (χ0) is 9.11.